The fourth-order valence-corrected chi connectivity index (χ4v) is 1.50. The molecule has 0 atom stereocenters. The molecule has 0 saturated heterocycles. The highest BCUT2D eigenvalue weighted by molar-refractivity contribution is 5.65. The number of anilines is 1. The first kappa shape index (κ1) is 12.8. The van der Waals surface area contributed by atoms with Gasteiger partial charge in [-0.1, -0.05) is 0 Å². The first-order valence-corrected chi connectivity index (χ1v) is 4.95. The summed E-state index contributed by atoms with van der Waals surface area (Å²) in [6, 6.07) is 2.80. The summed E-state index contributed by atoms with van der Waals surface area (Å²) in [4.78, 5) is 13.5. The number of rotatable bonds is 2. The van der Waals surface area contributed by atoms with E-state index in [1.807, 2.05) is 0 Å². The van der Waals surface area contributed by atoms with Crippen LogP contribution in [-0.4, -0.2) is 9.91 Å². The van der Waals surface area contributed by atoms with Crippen molar-refractivity contribution in [2.24, 2.45) is 0 Å². The van der Waals surface area contributed by atoms with Gasteiger partial charge >= 0.3 is 0 Å². The lowest BCUT2D eigenvalue weighted by atomic mass is 10.1. The Kier molecular flexibility index (Phi) is 3.07. The minimum atomic E-state index is -1.36. The Bertz CT molecular complexity index is 676. The number of pyridine rings is 1. The summed E-state index contributed by atoms with van der Waals surface area (Å²) in [6.45, 7) is 0. The molecule has 0 unspecified atom stereocenters. The summed E-state index contributed by atoms with van der Waals surface area (Å²) < 4.78 is 39.4. The van der Waals surface area contributed by atoms with Crippen molar-refractivity contribution < 1.29 is 18.1 Å². The van der Waals surface area contributed by atoms with Crippen molar-refractivity contribution in [3.63, 3.8) is 0 Å². The van der Waals surface area contributed by atoms with Crippen LogP contribution in [0.2, 0.25) is 0 Å². The maximum atomic E-state index is 13.5. The van der Waals surface area contributed by atoms with E-state index in [2.05, 4.69) is 4.98 Å². The van der Waals surface area contributed by atoms with Gasteiger partial charge in [0.1, 0.15) is 11.6 Å². The Morgan fingerprint density at radius 1 is 1.05 bits per heavy atom. The number of benzene rings is 1. The number of nitro groups is 1. The van der Waals surface area contributed by atoms with Crippen LogP contribution in [0.5, 0.6) is 0 Å². The molecule has 0 fully saturated rings. The Hall–Kier alpha value is -2.64. The van der Waals surface area contributed by atoms with Gasteiger partial charge in [-0.05, 0) is 6.07 Å². The molecule has 0 aliphatic carbocycles. The number of hydrogen-bond acceptors (Lipinski definition) is 4. The number of aromatic nitrogens is 1. The third-order valence-corrected chi connectivity index (χ3v) is 2.33. The molecule has 98 valence electrons. The smallest absolute Gasteiger partial charge is 0.275 e. The zero-order valence-corrected chi connectivity index (χ0v) is 9.23. The fourth-order valence-electron chi connectivity index (χ4n) is 1.50. The van der Waals surface area contributed by atoms with Gasteiger partial charge in [-0.3, -0.25) is 10.1 Å². The molecular weight excluding hydrogens is 263 g/mol. The zero-order chi connectivity index (χ0) is 14.2. The highest BCUT2D eigenvalue weighted by Gasteiger charge is 2.16. The van der Waals surface area contributed by atoms with Crippen molar-refractivity contribution >= 4 is 11.5 Å². The first-order valence-electron chi connectivity index (χ1n) is 4.95. The second-order valence-corrected chi connectivity index (χ2v) is 3.64. The fraction of sp³-hybridized carbons (Fsp3) is 0. The van der Waals surface area contributed by atoms with Gasteiger partial charge in [0.05, 0.1) is 16.7 Å². The summed E-state index contributed by atoms with van der Waals surface area (Å²) in [5.74, 6) is -3.97. The van der Waals surface area contributed by atoms with Crippen molar-refractivity contribution in [3.05, 3.63) is 51.8 Å². The number of nitrogens with zero attached hydrogens (tertiary/aromatic N) is 2. The zero-order valence-electron chi connectivity index (χ0n) is 9.23. The summed E-state index contributed by atoms with van der Waals surface area (Å²) in [6.07, 6.45) is 0. The molecule has 0 aliphatic rings. The topological polar surface area (TPSA) is 82.0 Å². The van der Waals surface area contributed by atoms with Crippen LogP contribution < -0.4 is 5.73 Å². The average Bonchev–Trinajstić information content (AvgIpc) is 2.33. The third-order valence-electron chi connectivity index (χ3n) is 2.33. The van der Waals surface area contributed by atoms with E-state index in [1.165, 1.54) is 0 Å². The average molecular weight is 269 g/mol. The van der Waals surface area contributed by atoms with Gasteiger partial charge in [-0.25, -0.2) is 18.2 Å². The molecule has 8 heteroatoms. The summed E-state index contributed by atoms with van der Waals surface area (Å²) in [5.41, 5.74) is 4.27. The molecule has 2 N–H and O–H groups in total. The molecule has 2 aromatic rings. The largest absolute Gasteiger partial charge is 0.383 e. The molecule has 0 amide bonds. The maximum Gasteiger partial charge on any atom is 0.275 e. The van der Waals surface area contributed by atoms with E-state index in [-0.39, 0.29) is 11.5 Å². The van der Waals surface area contributed by atoms with Crippen LogP contribution in [0, 0.1) is 27.6 Å². The second-order valence-electron chi connectivity index (χ2n) is 3.64. The van der Waals surface area contributed by atoms with Crippen LogP contribution in [0.25, 0.3) is 11.3 Å². The molecule has 1 aromatic heterocycles. The minimum Gasteiger partial charge on any atom is -0.383 e. The van der Waals surface area contributed by atoms with E-state index >= 15 is 0 Å². The molecule has 5 nitrogen and oxygen atoms in total. The van der Waals surface area contributed by atoms with Gasteiger partial charge in [0, 0.05) is 17.7 Å². The highest BCUT2D eigenvalue weighted by atomic mass is 19.2. The molecule has 2 rings (SSSR count). The van der Waals surface area contributed by atoms with Gasteiger partial charge in [0.25, 0.3) is 5.69 Å². The van der Waals surface area contributed by atoms with Gasteiger partial charge < -0.3 is 5.73 Å². The van der Waals surface area contributed by atoms with Crippen LogP contribution in [0.4, 0.5) is 24.7 Å². The predicted molar refractivity (Wildman–Crippen MR) is 60.6 cm³/mol. The molecule has 0 radical (unpaired) electrons. The highest BCUT2D eigenvalue weighted by Crippen LogP contribution is 2.27. The van der Waals surface area contributed by atoms with Crippen LogP contribution >= 0.6 is 0 Å². The molecule has 0 saturated carbocycles. The normalized spacial score (nSPS) is 10.5. The van der Waals surface area contributed by atoms with Gasteiger partial charge in [-0.2, -0.15) is 0 Å². The monoisotopic (exact) mass is 269 g/mol. The molecule has 0 spiro atoms. The van der Waals surface area contributed by atoms with Gasteiger partial charge in [-0.15, -0.1) is 0 Å². The van der Waals surface area contributed by atoms with E-state index in [0.29, 0.717) is 12.1 Å². The van der Waals surface area contributed by atoms with Crippen molar-refractivity contribution in [3.8, 4) is 11.3 Å². The van der Waals surface area contributed by atoms with Gasteiger partial charge in [0.15, 0.2) is 11.6 Å². The van der Waals surface area contributed by atoms with Crippen molar-refractivity contribution in [2.75, 3.05) is 5.73 Å². The van der Waals surface area contributed by atoms with E-state index < -0.39 is 33.6 Å². The van der Waals surface area contributed by atoms with Gasteiger partial charge in [0.2, 0.25) is 0 Å². The lowest BCUT2D eigenvalue weighted by molar-refractivity contribution is -0.384. The van der Waals surface area contributed by atoms with E-state index in [0.717, 1.165) is 12.1 Å². The molecular formula is C11H6F3N3O2. The van der Waals surface area contributed by atoms with Crippen molar-refractivity contribution in [1.29, 1.82) is 0 Å². The Balaban J connectivity index is 2.65. The van der Waals surface area contributed by atoms with Crippen LogP contribution in [0.3, 0.4) is 0 Å². The van der Waals surface area contributed by atoms with Crippen LogP contribution in [0.15, 0.2) is 24.3 Å². The standard InChI is InChI=1S/C11H6F3N3O2/c12-7-4-9(14)8(13)3-6(7)10-1-5(17(18)19)2-11(15)16-10/h1-4H,(H2,15,16). The number of nitrogen functional groups attached to an aromatic ring is 1. The van der Waals surface area contributed by atoms with Crippen molar-refractivity contribution in [1.82, 2.24) is 4.98 Å². The molecule has 0 bridgehead atoms. The molecule has 19 heavy (non-hydrogen) atoms. The lowest BCUT2D eigenvalue weighted by Gasteiger charge is -2.05. The SMILES string of the molecule is Nc1cc([N+](=O)[O-])cc(-c2cc(F)c(F)cc2F)n1. The number of halogens is 3. The summed E-state index contributed by atoms with van der Waals surface area (Å²) in [5, 5.41) is 10.6. The molecule has 0 aliphatic heterocycles. The Labute approximate surface area is 104 Å². The van der Waals surface area contributed by atoms with Crippen molar-refractivity contribution in [2.45, 2.75) is 0 Å². The van der Waals surface area contributed by atoms with E-state index in [1.54, 1.807) is 0 Å². The van der Waals surface area contributed by atoms with E-state index in [4.69, 9.17) is 5.73 Å². The summed E-state index contributed by atoms with van der Waals surface area (Å²) >= 11 is 0. The first-order chi connectivity index (χ1) is 8.88. The predicted octanol–water partition coefficient (Wildman–Crippen LogP) is 2.66. The van der Waals surface area contributed by atoms with Crippen LogP contribution in [-0.2, 0) is 0 Å². The quantitative estimate of drug-likeness (QED) is 0.516. The van der Waals surface area contributed by atoms with E-state index in [9.17, 15) is 23.3 Å². The Morgan fingerprint density at radius 3 is 2.32 bits per heavy atom. The third kappa shape index (κ3) is 2.46. The minimum absolute atomic E-state index is 0.228. The van der Waals surface area contributed by atoms with Crippen LogP contribution in [0.1, 0.15) is 0 Å². The second kappa shape index (κ2) is 4.56. The molecule has 1 aromatic carbocycles. The lowest BCUT2D eigenvalue weighted by Crippen LogP contribution is -1.99. The molecule has 1 heterocycles. The maximum absolute atomic E-state index is 13.5. The number of nitrogens with two attached hydrogens (primary N) is 1. The summed E-state index contributed by atoms with van der Waals surface area (Å²) in [7, 11) is 0. The Morgan fingerprint density at radius 2 is 1.68 bits per heavy atom. The number of hydrogen-bond donors (Lipinski definition) is 1.